The van der Waals surface area contributed by atoms with Crippen LogP contribution in [0.4, 0.5) is 5.69 Å². The molecule has 0 amide bonds. The lowest BCUT2D eigenvalue weighted by Crippen LogP contribution is -2.21. The summed E-state index contributed by atoms with van der Waals surface area (Å²) >= 11 is 0. The molecule has 0 aromatic heterocycles. The lowest BCUT2D eigenvalue weighted by Gasteiger charge is -2.21. The Morgan fingerprint density at radius 2 is 1.76 bits per heavy atom. The summed E-state index contributed by atoms with van der Waals surface area (Å²) in [6.07, 6.45) is 0. The Labute approximate surface area is 125 Å². The SMILES string of the molecule is COc1ccc(C(CN)Nc2ccccc2C)cc1OC. The van der Waals surface area contributed by atoms with Crippen LogP contribution >= 0.6 is 0 Å². The molecular weight excluding hydrogens is 264 g/mol. The van der Waals surface area contributed by atoms with Gasteiger partial charge < -0.3 is 20.5 Å². The molecule has 4 nitrogen and oxygen atoms in total. The van der Waals surface area contributed by atoms with Crippen LogP contribution in [-0.4, -0.2) is 20.8 Å². The van der Waals surface area contributed by atoms with E-state index in [9.17, 15) is 0 Å². The van der Waals surface area contributed by atoms with E-state index in [0.29, 0.717) is 18.0 Å². The highest BCUT2D eigenvalue weighted by Crippen LogP contribution is 2.31. The highest BCUT2D eigenvalue weighted by atomic mass is 16.5. The smallest absolute Gasteiger partial charge is 0.161 e. The Kier molecular flexibility index (Phi) is 5.06. The topological polar surface area (TPSA) is 56.5 Å². The molecule has 0 aliphatic rings. The van der Waals surface area contributed by atoms with E-state index in [-0.39, 0.29) is 6.04 Å². The molecule has 0 heterocycles. The van der Waals surface area contributed by atoms with Crippen molar-refractivity contribution in [3.63, 3.8) is 0 Å². The van der Waals surface area contributed by atoms with Crippen LogP contribution in [0.1, 0.15) is 17.2 Å². The van der Waals surface area contributed by atoms with Crippen LogP contribution in [0.15, 0.2) is 42.5 Å². The molecule has 0 radical (unpaired) electrons. The van der Waals surface area contributed by atoms with Crippen LogP contribution in [0.5, 0.6) is 11.5 Å². The summed E-state index contributed by atoms with van der Waals surface area (Å²) in [6.45, 7) is 2.56. The standard InChI is InChI=1S/C17H22N2O2/c1-12-6-4-5-7-14(12)19-15(11-18)13-8-9-16(20-2)17(10-13)21-3/h4-10,15,19H,11,18H2,1-3H3. The molecule has 3 N–H and O–H groups in total. The molecule has 2 rings (SSSR count). The summed E-state index contributed by atoms with van der Waals surface area (Å²) in [7, 11) is 3.26. The van der Waals surface area contributed by atoms with Gasteiger partial charge in [-0.2, -0.15) is 0 Å². The van der Waals surface area contributed by atoms with E-state index in [0.717, 1.165) is 11.3 Å². The first-order valence-electron chi connectivity index (χ1n) is 6.93. The number of benzene rings is 2. The van der Waals surface area contributed by atoms with Gasteiger partial charge in [0.05, 0.1) is 20.3 Å². The number of aryl methyl sites for hydroxylation is 1. The largest absolute Gasteiger partial charge is 0.493 e. The predicted molar refractivity (Wildman–Crippen MR) is 86.1 cm³/mol. The Hall–Kier alpha value is -2.20. The van der Waals surface area contributed by atoms with Crippen molar-refractivity contribution in [1.29, 1.82) is 0 Å². The second kappa shape index (κ2) is 6.99. The third kappa shape index (κ3) is 3.47. The van der Waals surface area contributed by atoms with Gasteiger partial charge in [0, 0.05) is 12.2 Å². The van der Waals surface area contributed by atoms with Crippen molar-refractivity contribution in [3.8, 4) is 11.5 Å². The summed E-state index contributed by atoms with van der Waals surface area (Å²) in [5.41, 5.74) is 9.28. The Morgan fingerprint density at radius 3 is 2.38 bits per heavy atom. The number of nitrogens with two attached hydrogens (primary N) is 1. The van der Waals surface area contributed by atoms with E-state index in [4.69, 9.17) is 15.2 Å². The third-order valence-corrected chi connectivity index (χ3v) is 3.52. The van der Waals surface area contributed by atoms with Crippen molar-refractivity contribution in [2.45, 2.75) is 13.0 Å². The fourth-order valence-electron chi connectivity index (χ4n) is 2.27. The van der Waals surface area contributed by atoms with E-state index in [1.807, 2.05) is 30.3 Å². The molecule has 4 heteroatoms. The first-order valence-corrected chi connectivity index (χ1v) is 6.93. The minimum atomic E-state index is 0.0194. The maximum absolute atomic E-state index is 5.93. The van der Waals surface area contributed by atoms with E-state index in [1.54, 1.807) is 14.2 Å². The number of anilines is 1. The van der Waals surface area contributed by atoms with E-state index in [1.165, 1.54) is 5.56 Å². The number of nitrogens with one attached hydrogen (secondary N) is 1. The molecule has 0 bridgehead atoms. The average Bonchev–Trinajstić information content (AvgIpc) is 2.53. The summed E-state index contributed by atoms with van der Waals surface area (Å²) in [6, 6.07) is 14.0. The normalized spacial score (nSPS) is 11.8. The van der Waals surface area contributed by atoms with Gasteiger partial charge in [0.1, 0.15) is 0 Å². The molecule has 0 saturated heterocycles. The number of hydrogen-bond donors (Lipinski definition) is 2. The summed E-state index contributed by atoms with van der Waals surface area (Å²) in [5, 5.41) is 3.48. The van der Waals surface area contributed by atoms with Gasteiger partial charge in [-0.1, -0.05) is 24.3 Å². The number of para-hydroxylation sites is 1. The lowest BCUT2D eigenvalue weighted by molar-refractivity contribution is 0.354. The Balaban J connectivity index is 2.27. The van der Waals surface area contributed by atoms with Crippen molar-refractivity contribution in [3.05, 3.63) is 53.6 Å². The minimum Gasteiger partial charge on any atom is -0.493 e. The predicted octanol–water partition coefficient (Wildman–Crippen LogP) is 3.12. The monoisotopic (exact) mass is 286 g/mol. The van der Waals surface area contributed by atoms with Crippen molar-refractivity contribution < 1.29 is 9.47 Å². The van der Waals surface area contributed by atoms with Crippen LogP contribution in [0.3, 0.4) is 0 Å². The van der Waals surface area contributed by atoms with Crippen LogP contribution in [0, 0.1) is 6.92 Å². The molecule has 21 heavy (non-hydrogen) atoms. The average molecular weight is 286 g/mol. The molecular formula is C17H22N2O2. The van der Waals surface area contributed by atoms with Gasteiger partial charge in [-0.3, -0.25) is 0 Å². The van der Waals surface area contributed by atoms with Gasteiger partial charge in [0.15, 0.2) is 11.5 Å². The lowest BCUT2D eigenvalue weighted by atomic mass is 10.0. The van der Waals surface area contributed by atoms with Crippen molar-refractivity contribution in [2.24, 2.45) is 5.73 Å². The van der Waals surface area contributed by atoms with Gasteiger partial charge in [-0.25, -0.2) is 0 Å². The summed E-state index contributed by atoms with van der Waals surface area (Å²) in [5.74, 6) is 1.42. The highest BCUT2D eigenvalue weighted by Gasteiger charge is 2.13. The number of ether oxygens (including phenoxy) is 2. The first-order chi connectivity index (χ1) is 10.2. The van der Waals surface area contributed by atoms with Gasteiger partial charge >= 0.3 is 0 Å². The maximum Gasteiger partial charge on any atom is 0.161 e. The van der Waals surface area contributed by atoms with Crippen LogP contribution in [-0.2, 0) is 0 Å². The first kappa shape index (κ1) is 15.2. The van der Waals surface area contributed by atoms with E-state index >= 15 is 0 Å². The van der Waals surface area contributed by atoms with E-state index < -0.39 is 0 Å². The molecule has 2 aromatic carbocycles. The number of methoxy groups -OCH3 is 2. The van der Waals surface area contributed by atoms with Gasteiger partial charge in [0.2, 0.25) is 0 Å². The van der Waals surface area contributed by atoms with Crippen LogP contribution in [0.2, 0.25) is 0 Å². The second-order valence-electron chi connectivity index (χ2n) is 4.86. The fourth-order valence-corrected chi connectivity index (χ4v) is 2.27. The van der Waals surface area contributed by atoms with Crippen LogP contribution in [0.25, 0.3) is 0 Å². The van der Waals surface area contributed by atoms with Crippen molar-refractivity contribution in [2.75, 3.05) is 26.1 Å². The second-order valence-corrected chi connectivity index (χ2v) is 4.86. The molecule has 2 aromatic rings. The van der Waals surface area contributed by atoms with Crippen LogP contribution < -0.4 is 20.5 Å². The Morgan fingerprint density at radius 1 is 1.05 bits per heavy atom. The summed E-state index contributed by atoms with van der Waals surface area (Å²) in [4.78, 5) is 0. The van der Waals surface area contributed by atoms with Gasteiger partial charge in [-0.05, 0) is 36.2 Å². The molecule has 1 unspecified atom stereocenters. The highest BCUT2D eigenvalue weighted by molar-refractivity contribution is 5.53. The zero-order chi connectivity index (χ0) is 15.2. The van der Waals surface area contributed by atoms with Crippen molar-refractivity contribution >= 4 is 5.69 Å². The Bertz CT molecular complexity index is 599. The third-order valence-electron chi connectivity index (χ3n) is 3.52. The number of rotatable bonds is 6. The van der Waals surface area contributed by atoms with Gasteiger partial charge in [-0.15, -0.1) is 0 Å². The van der Waals surface area contributed by atoms with Crippen molar-refractivity contribution in [1.82, 2.24) is 0 Å². The molecule has 112 valence electrons. The molecule has 0 fully saturated rings. The fraction of sp³-hybridized carbons (Fsp3) is 0.294. The molecule has 0 aliphatic heterocycles. The van der Waals surface area contributed by atoms with Gasteiger partial charge in [0.25, 0.3) is 0 Å². The van der Waals surface area contributed by atoms with E-state index in [2.05, 4.69) is 24.4 Å². The molecule has 1 atom stereocenters. The molecule has 0 aliphatic carbocycles. The minimum absolute atomic E-state index is 0.0194. The molecule has 0 saturated carbocycles. The maximum atomic E-state index is 5.93. The zero-order valence-electron chi connectivity index (χ0n) is 12.7. The quantitative estimate of drug-likeness (QED) is 0.856. The summed E-state index contributed by atoms with van der Waals surface area (Å²) < 4.78 is 10.6. The molecule has 0 spiro atoms. The zero-order valence-corrected chi connectivity index (χ0v) is 12.7. The number of hydrogen-bond acceptors (Lipinski definition) is 4.